The molecule has 4 rings (SSSR count). The van der Waals surface area contributed by atoms with Gasteiger partial charge in [0.2, 0.25) is 15.0 Å². The quantitative estimate of drug-likeness (QED) is 0.351. The van der Waals surface area contributed by atoms with Crippen LogP contribution in [0.4, 0.5) is 4.39 Å². The Bertz CT molecular complexity index is 1350. The highest BCUT2D eigenvalue weighted by Crippen LogP contribution is 2.24. The molecule has 7 nitrogen and oxygen atoms in total. The van der Waals surface area contributed by atoms with Crippen LogP contribution in [0.2, 0.25) is 5.02 Å². The molecule has 0 bridgehead atoms. The molecule has 0 N–H and O–H groups in total. The largest absolute Gasteiger partial charge is 0.376 e. The molecular weight excluding hydrogens is 517 g/mol. The lowest BCUT2D eigenvalue weighted by atomic mass is 10.1. The summed E-state index contributed by atoms with van der Waals surface area (Å²) in [6, 6.07) is 12.6. The van der Waals surface area contributed by atoms with Crippen molar-refractivity contribution in [2.24, 2.45) is 5.92 Å². The van der Waals surface area contributed by atoms with Crippen molar-refractivity contribution in [3.05, 3.63) is 82.4 Å². The van der Waals surface area contributed by atoms with Crippen LogP contribution >= 0.6 is 11.6 Å². The normalized spacial score (nSPS) is 15.9. The van der Waals surface area contributed by atoms with Gasteiger partial charge in [-0.05, 0) is 48.6 Å². The van der Waals surface area contributed by atoms with Crippen LogP contribution in [-0.2, 0) is 33.4 Å². The van der Waals surface area contributed by atoms with E-state index in [0.29, 0.717) is 29.4 Å². The maximum Gasteiger partial charge on any atom is 0.257 e. The number of benzene rings is 2. The summed E-state index contributed by atoms with van der Waals surface area (Å²) >= 11 is 6.05. The van der Waals surface area contributed by atoms with E-state index in [9.17, 15) is 17.6 Å². The minimum absolute atomic E-state index is 0.0378. The van der Waals surface area contributed by atoms with E-state index in [-0.39, 0.29) is 41.6 Å². The monoisotopic (exact) mass is 547 g/mol. The second-order valence-electron chi connectivity index (χ2n) is 9.73. The van der Waals surface area contributed by atoms with Gasteiger partial charge in [-0.1, -0.05) is 49.7 Å². The number of hydrogen-bond acceptors (Lipinski definition) is 5. The van der Waals surface area contributed by atoms with E-state index in [1.165, 1.54) is 29.3 Å². The summed E-state index contributed by atoms with van der Waals surface area (Å²) in [5, 5.41) is 0.391. The number of imidazole rings is 1. The van der Waals surface area contributed by atoms with Crippen LogP contribution in [0.3, 0.4) is 0 Å². The van der Waals surface area contributed by atoms with Crippen molar-refractivity contribution in [2.45, 2.75) is 56.8 Å². The van der Waals surface area contributed by atoms with Crippen LogP contribution < -0.4 is 0 Å². The molecule has 1 atom stereocenters. The summed E-state index contributed by atoms with van der Waals surface area (Å²) in [6.07, 6.45) is 3.02. The van der Waals surface area contributed by atoms with E-state index in [1.807, 2.05) is 13.8 Å². The van der Waals surface area contributed by atoms with Crippen LogP contribution in [-0.4, -0.2) is 48.0 Å². The molecule has 1 saturated heterocycles. The van der Waals surface area contributed by atoms with Gasteiger partial charge >= 0.3 is 0 Å². The zero-order chi connectivity index (χ0) is 26.6. The number of aromatic nitrogens is 2. The molecule has 2 aromatic carbocycles. The number of amides is 1. The maximum absolute atomic E-state index is 14.5. The second-order valence-corrected chi connectivity index (χ2v) is 12.0. The summed E-state index contributed by atoms with van der Waals surface area (Å²) in [4.78, 5) is 19.3. The van der Waals surface area contributed by atoms with Crippen LogP contribution in [0.5, 0.6) is 0 Å². The summed E-state index contributed by atoms with van der Waals surface area (Å²) in [5.41, 5.74) is 1.08. The molecule has 0 unspecified atom stereocenters. The number of halogens is 2. The van der Waals surface area contributed by atoms with Crippen molar-refractivity contribution in [3.8, 4) is 0 Å². The number of nitrogens with zero attached hydrogens (tertiary/aromatic N) is 3. The van der Waals surface area contributed by atoms with Gasteiger partial charge < -0.3 is 14.2 Å². The van der Waals surface area contributed by atoms with Crippen molar-refractivity contribution in [2.75, 3.05) is 13.2 Å². The minimum Gasteiger partial charge on any atom is -0.376 e. The van der Waals surface area contributed by atoms with Crippen LogP contribution in [0.25, 0.3) is 0 Å². The van der Waals surface area contributed by atoms with Gasteiger partial charge in [-0.15, -0.1) is 0 Å². The molecule has 0 saturated carbocycles. The molecule has 1 aromatic heterocycles. The zero-order valence-electron chi connectivity index (χ0n) is 20.9. The fourth-order valence-corrected chi connectivity index (χ4v) is 6.19. The average molecular weight is 548 g/mol. The van der Waals surface area contributed by atoms with E-state index in [2.05, 4.69) is 4.98 Å². The molecule has 3 aromatic rings. The lowest BCUT2D eigenvalue weighted by Crippen LogP contribution is -2.38. The third kappa shape index (κ3) is 6.77. The van der Waals surface area contributed by atoms with Crippen molar-refractivity contribution in [1.82, 2.24) is 14.5 Å². The fraction of sp³-hybridized carbons (Fsp3) is 0.407. The van der Waals surface area contributed by atoms with E-state index in [4.69, 9.17) is 16.3 Å². The zero-order valence-corrected chi connectivity index (χ0v) is 22.5. The summed E-state index contributed by atoms with van der Waals surface area (Å²) < 4.78 is 48.8. The Hall–Kier alpha value is -2.75. The molecule has 0 aliphatic carbocycles. The molecule has 0 radical (unpaired) electrons. The predicted octanol–water partition coefficient (Wildman–Crippen LogP) is 5.13. The van der Waals surface area contributed by atoms with E-state index in [0.717, 1.165) is 12.8 Å². The Morgan fingerprint density at radius 2 is 2.03 bits per heavy atom. The van der Waals surface area contributed by atoms with E-state index >= 15 is 0 Å². The lowest BCUT2D eigenvalue weighted by molar-refractivity contribution is 0.0497. The van der Waals surface area contributed by atoms with Gasteiger partial charge in [0.05, 0.1) is 35.9 Å². The number of hydrogen-bond donors (Lipinski definition) is 0. The second kappa shape index (κ2) is 11.8. The molecule has 1 aliphatic rings. The van der Waals surface area contributed by atoms with Crippen molar-refractivity contribution >= 4 is 27.3 Å². The fourth-order valence-electron chi connectivity index (χ4n) is 4.49. The first-order valence-corrected chi connectivity index (χ1v) is 14.3. The molecule has 198 valence electrons. The van der Waals surface area contributed by atoms with Crippen molar-refractivity contribution in [3.63, 3.8) is 0 Å². The molecule has 1 fully saturated rings. The predicted molar refractivity (Wildman–Crippen MR) is 140 cm³/mol. The van der Waals surface area contributed by atoms with E-state index in [1.54, 1.807) is 34.9 Å². The molecule has 37 heavy (non-hydrogen) atoms. The van der Waals surface area contributed by atoms with Gasteiger partial charge in [0.25, 0.3) is 5.91 Å². The van der Waals surface area contributed by atoms with Gasteiger partial charge in [-0.3, -0.25) is 4.79 Å². The summed E-state index contributed by atoms with van der Waals surface area (Å²) in [5.74, 6) is -1.22. The van der Waals surface area contributed by atoms with Crippen molar-refractivity contribution in [1.29, 1.82) is 0 Å². The third-order valence-corrected chi connectivity index (χ3v) is 8.00. The van der Waals surface area contributed by atoms with Crippen LogP contribution in [0.15, 0.2) is 59.9 Å². The van der Waals surface area contributed by atoms with Gasteiger partial charge in [-0.25, -0.2) is 17.8 Å². The highest BCUT2D eigenvalue weighted by molar-refractivity contribution is 7.90. The number of rotatable bonds is 10. The first-order chi connectivity index (χ1) is 17.6. The van der Waals surface area contributed by atoms with E-state index < -0.39 is 21.6 Å². The number of sulfone groups is 1. The maximum atomic E-state index is 14.5. The minimum atomic E-state index is -3.82. The Morgan fingerprint density at radius 3 is 2.70 bits per heavy atom. The van der Waals surface area contributed by atoms with Gasteiger partial charge in [0.15, 0.2) is 0 Å². The highest BCUT2D eigenvalue weighted by atomic mass is 35.5. The molecule has 2 heterocycles. The van der Waals surface area contributed by atoms with Crippen LogP contribution in [0.1, 0.15) is 48.3 Å². The van der Waals surface area contributed by atoms with Gasteiger partial charge in [-0.2, -0.15) is 0 Å². The standard InChI is InChI=1S/C27H31ClFN3O4S/c1-19(2)15-32-22(14-30-27(32)37(34,35)18-20-7-5-8-21(28)13-20)16-31(17-23-9-6-12-36-23)26(33)24-10-3-4-11-25(24)29/h3-5,7-8,10-11,13-14,19,23H,6,9,12,15-18H2,1-2H3/t23-/m1/s1. The Labute approximate surface area is 222 Å². The number of ether oxygens (including phenoxy) is 1. The molecule has 1 amide bonds. The molecule has 1 aliphatic heterocycles. The summed E-state index contributed by atoms with van der Waals surface area (Å²) in [7, 11) is -3.82. The lowest BCUT2D eigenvalue weighted by Gasteiger charge is -2.26. The summed E-state index contributed by atoms with van der Waals surface area (Å²) in [6.45, 7) is 5.30. The Balaban J connectivity index is 1.68. The number of carbonyl (C=O) groups excluding carboxylic acids is 1. The Morgan fingerprint density at radius 1 is 1.24 bits per heavy atom. The highest BCUT2D eigenvalue weighted by Gasteiger charge is 2.29. The molecule has 0 spiro atoms. The number of carbonyl (C=O) groups is 1. The first kappa shape index (κ1) is 27.3. The topological polar surface area (TPSA) is 81.5 Å². The van der Waals surface area contributed by atoms with Gasteiger partial charge in [0, 0.05) is 24.7 Å². The Kier molecular flexibility index (Phi) is 8.67. The van der Waals surface area contributed by atoms with Crippen molar-refractivity contribution < 1.29 is 22.3 Å². The molecule has 10 heteroatoms. The first-order valence-electron chi connectivity index (χ1n) is 12.3. The molecular formula is C27H31ClFN3O4S. The average Bonchev–Trinajstić information content (AvgIpc) is 3.48. The smallest absolute Gasteiger partial charge is 0.257 e. The SMILES string of the molecule is CC(C)Cn1c(CN(C[C@H]2CCCO2)C(=O)c2ccccc2F)cnc1S(=O)(=O)Cc1cccc(Cl)c1. The third-order valence-electron chi connectivity index (χ3n) is 6.17. The van der Waals surface area contributed by atoms with Crippen LogP contribution in [0, 0.1) is 11.7 Å². The van der Waals surface area contributed by atoms with Gasteiger partial charge in [0.1, 0.15) is 5.82 Å².